The fourth-order valence-electron chi connectivity index (χ4n) is 0.861. The zero-order valence-electron chi connectivity index (χ0n) is 8.10. The summed E-state index contributed by atoms with van der Waals surface area (Å²) in [6.07, 6.45) is -3.48. The van der Waals surface area contributed by atoms with E-state index in [1.54, 1.807) is 0 Å². The van der Waals surface area contributed by atoms with E-state index in [9.17, 15) is 13.2 Å². The van der Waals surface area contributed by atoms with Crippen molar-refractivity contribution in [2.45, 2.75) is 13.1 Å². The lowest BCUT2D eigenvalue weighted by Gasteiger charge is -2.02. The van der Waals surface area contributed by atoms with Gasteiger partial charge in [-0.2, -0.15) is 13.2 Å². The second-order valence-electron chi connectivity index (χ2n) is 2.65. The fraction of sp³-hybridized carbons (Fsp3) is 0.625. The van der Waals surface area contributed by atoms with Gasteiger partial charge in [0.05, 0.1) is 12.8 Å². The average molecular weight is 240 g/mol. The van der Waals surface area contributed by atoms with E-state index in [0.29, 0.717) is 31.1 Å². The summed E-state index contributed by atoms with van der Waals surface area (Å²) >= 11 is 0.595. The highest BCUT2D eigenvalue weighted by Gasteiger charge is 2.33. The first-order chi connectivity index (χ1) is 7.04. The summed E-state index contributed by atoms with van der Waals surface area (Å²) in [7, 11) is 0. The quantitative estimate of drug-likeness (QED) is 0.803. The van der Waals surface area contributed by atoms with Crippen LogP contribution >= 0.6 is 11.3 Å². The molecule has 3 nitrogen and oxygen atoms in total. The minimum atomic E-state index is -4.31. The van der Waals surface area contributed by atoms with E-state index in [2.05, 4.69) is 10.3 Å². The monoisotopic (exact) mass is 240 g/mol. The molecule has 0 saturated heterocycles. The molecule has 0 atom stereocenters. The minimum Gasteiger partial charge on any atom is -0.380 e. The summed E-state index contributed by atoms with van der Waals surface area (Å²) in [5, 5.41) is 3.02. The molecule has 7 heteroatoms. The molecule has 0 aliphatic carbocycles. The molecule has 0 unspecified atom stereocenters. The van der Waals surface area contributed by atoms with Gasteiger partial charge in [0.1, 0.15) is 4.88 Å². The Morgan fingerprint density at radius 3 is 2.80 bits per heavy atom. The Bertz CT molecular complexity index is 300. The van der Waals surface area contributed by atoms with Crippen LogP contribution in [0.1, 0.15) is 11.8 Å². The number of alkyl halides is 3. The van der Waals surface area contributed by atoms with Gasteiger partial charge in [0, 0.05) is 13.2 Å². The van der Waals surface area contributed by atoms with Crippen molar-refractivity contribution in [3.05, 3.63) is 11.1 Å². The molecule has 0 amide bonds. The van der Waals surface area contributed by atoms with Crippen molar-refractivity contribution in [2.75, 3.05) is 25.1 Å². The van der Waals surface area contributed by atoms with Gasteiger partial charge >= 0.3 is 6.18 Å². The maximum absolute atomic E-state index is 12.2. The summed E-state index contributed by atoms with van der Waals surface area (Å²) in [5.41, 5.74) is 0. The van der Waals surface area contributed by atoms with Crippen molar-refractivity contribution < 1.29 is 17.9 Å². The Balaban J connectivity index is 2.40. The highest BCUT2D eigenvalue weighted by molar-refractivity contribution is 7.15. The molecule has 0 saturated carbocycles. The molecule has 1 N–H and O–H groups in total. The summed E-state index contributed by atoms with van der Waals surface area (Å²) in [6, 6.07) is 0. The van der Waals surface area contributed by atoms with Crippen molar-refractivity contribution in [3.63, 3.8) is 0 Å². The summed E-state index contributed by atoms with van der Waals surface area (Å²) in [5.74, 6) is 0. The highest BCUT2D eigenvalue weighted by atomic mass is 32.1. The molecular weight excluding hydrogens is 229 g/mol. The van der Waals surface area contributed by atoms with Crippen LogP contribution < -0.4 is 5.32 Å². The normalized spacial score (nSPS) is 11.7. The number of hydrogen-bond donors (Lipinski definition) is 1. The highest BCUT2D eigenvalue weighted by Crippen LogP contribution is 2.34. The van der Waals surface area contributed by atoms with E-state index < -0.39 is 11.1 Å². The van der Waals surface area contributed by atoms with Crippen LogP contribution in [0.25, 0.3) is 0 Å². The molecule has 86 valence electrons. The lowest BCUT2D eigenvalue weighted by molar-refractivity contribution is -0.134. The molecule has 1 aromatic rings. The van der Waals surface area contributed by atoms with Crippen molar-refractivity contribution in [3.8, 4) is 0 Å². The van der Waals surface area contributed by atoms with Gasteiger partial charge in [-0.15, -0.1) is 0 Å². The molecule has 0 radical (unpaired) electrons. The third-order valence-corrected chi connectivity index (χ3v) is 2.51. The number of nitrogens with one attached hydrogen (secondary N) is 1. The van der Waals surface area contributed by atoms with Crippen LogP contribution in [-0.2, 0) is 10.9 Å². The van der Waals surface area contributed by atoms with Gasteiger partial charge in [-0.25, -0.2) is 4.98 Å². The van der Waals surface area contributed by atoms with E-state index in [4.69, 9.17) is 4.74 Å². The largest absolute Gasteiger partial charge is 0.427 e. The number of halogens is 3. The molecule has 0 aromatic carbocycles. The molecule has 0 fully saturated rings. The predicted octanol–water partition coefficient (Wildman–Crippen LogP) is 2.61. The second-order valence-corrected chi connectivity index (χ2v) is 3.68. The third kappa shape index (κ3) is 4.05. The number of ether oxygens (including phenoxy) is 1. The van der Waals surface area contributed by atoms with Crippen LogP contribution in [0.15, 0.2) is 6.20 Å². The SMILES string of the molecule is CCOCCNc1ncc(C(F)(F)F)s1. The minimum absolute atomic E-state index is 0.266. The second kappa shape index (κ2) is 5.32. The lowest BCUT2D eigenvalue weighted by atomic mass is 10.5. The maximum Gasteiger partial charge on any atom is 0.427 e. The lowest BCUT2D eigenvalue weighted by Crippen LogP contribution is -2.08. The van der Waals surface area contributed by atoms with Crippen molar-refractivity contribution >= 4 is 16.5 Å². The van der Waals surface area contributed by atoms with Crippen LogP contribution in [0.5, 0.6) is 0 Å². The van der Waals surface area contributed by atoms with E-state index >= 15 is 0 Å². The number of nitrogens with zero attached hydrogens (tertiary/aromatic N) is 1. The Morgan fingerprint density at radius 1 is 1.53 bits per heavy atom. The van der Waals surface area contributed by atoms with Crippen LogP contribution in [0.3, 0.4) is 0 Å². The number of hydrogen-bond acceptors (Lipinski definition) is 4. The van der Waals surface area contributed by atoms with Crippen LogP contribution in [0.4, 0.5) is 18.3 Å². The predicted molar refractivity (Wildman–Crippen MR) is 52.1 cm³/mol. The standard InChI is InChI=1S/C8H11F3N2OS/c1-2-14-4-3-12-7-13-5-6(15-7)8(9,10)11/h5H,2-4H2,1H3,(H,12,13). The van der Waals surface area contributed by atoms with Gasteiger partial charge < -0.3 is 10.1 Å². The van der Waals surface area contributed by atoms with E-state index in [1.807, 2.05) is 6.92 Å². The first-order valence-corrected chi connectivity index (χ1v) is 5.20. The zero-order chi connectivity index (χ0) is 11.3. The molecule has 0 spiro atoms. The zero-order valence-corrected chi connectivity index (χ0v) is 8.91. The smallest absolute Gasteiger partial charge is 0.380 e. The van der Waals surface area contributed by atoms with E-state index in [1.165, 1.54) is 0 Å². The fourth-order valence-corrected chi connectivity index (χ4v) is 1.57. The molecule has 1 heterocycles. The first-order valence-electron chi connectivity index (χ1n) is 4.38. The van der Waals surface area contributed by atoms with Crippen LogP contribution in [-0.4, -0.2) is 24.7 Å². The first kappa shape index (κ1) is 12.3. The molecule has 15 heavy (non-hydrogen) atoms. The molecule has 1 rings (SSSR count). The summed E-state index contributed by atoms with van der Waals surface area (Å²) in [6.45, 7) is 3.36. The number of thiazole rings is 1. The van der Waals surface area contributed by atoms with Crippen molar-refractivity contribution in [1.29, 1.82) is 0 Å². The van der Waals surface area contributed by atoms with E-state index in [-0.39, 0.29) is 5.13 Å². The Labute approximate surface area is 89.3 Å². The topological polar surface area (TPSA) is 34.1 Å². The van der Waals surface area contributed by atoms with Gasteiger partial charge in [-0.05, 0) is 6.92 Å². The van der Waals surface area contributed by atoms with Crippen LogP contribution in [0, 0.1) is 0 Å². The Kier molecular flexibility index (Phi) is 4.34. The Morgan fingerprint density at radius 2 is 2.27 bits per heavy atom. The third-order valence-electron chi connectivity index (χ3n) is 1.51. The number of rotatable bonds is 5. The van der Waals surface area contributed by atoms with Gasteiger partial charge in [0.25, 0.3) is 0 Å². The summed E-state index contributed by atoms with van der Waals surface area (Å²) < 4.78 is 41.5. The molecule has 0 aliphatic heterocycles. The number of aromatic nitrogens is 1. The molecular formula is C8H11F3N2OS. The van der Waals surface area contributed by atoms with Crippen LogP contribution in [0.2, 0.25) is 0 Å². The van der Waals surface area contributed by atoms with Gasteiger partial charge in [0.15, 0.2) is 5.13 Å². The number of anilines is 1. The average Bonchev–Trinajstić information content (AvgIpc) is 2.60. The van der Waals surface area contributed by atoms with Crippen molar-refractivity contribution in [1.82, 2.24) is 4.98 Å². The molecule has 0 aliphatic rings. The van der Waals surface area contributed by atoms with Gasteiger partial charge in [-0.1, -0.05) is 11.3 Å². The molecule has 1 aromatic heterocycles. The van der Waals surface area contributed by atoms with Gasteiger partial charge in [0.2, 0.25) is 0 Å². The van der Waals surface area contributed by atoms with E-state index in [0.717, 1.165) is 6.20 Å². The van der Waals surface area contributed by atoms with Gasteiger partial charge in [-0.3, -0.25) is 0 Å². The summed E-state index contributed by atoms with van der Waals surface area (Å²) in [4.78, 5) is 2.92. The maximum atomic E-state index is 12.2. The Hall–Kier alpha value is -0.820. The molecule has 0 bridgehead atoms. The van der Waals surface area contributed by atoms with Crippen molar-refractivity contribution in [2.24, 2.45) is 0 Å².